The van der Waals surface area contributed by atoms with Gasteiger partial charge in [-0.3, -0.25) is 4.98 Å². The molecule has 0 spiro atoms. The van der Waals surface area contributed by atoms with Crippen molar-refractivity contribution >= 4 is 31.9 Å². The first-order valence-electron chi connectivity index (χ1n) is 5.73. The molecule has 0 saturated carbocycles. The molecule has 1 heterocycles. The lowest BCUT2D eigenvalue weighted by molar-refractivity contribution is 0.482. The molecule has 90 valence electrons. The summed E-state index contributed by atoms with van der Waals surface area (Å²) in [6.07, 6.45) is 5.28. The first-order chi connectivity index (χ1) is 7.69. The normalized spacial score (nSPS) is 12.8. The number of rotatable bonds is 6. The molecule has 16 heavy (non-hydrogen) atoms. The summed E-state index contributed by atoms with van der Waals surface area (Å²) in [6, 6.07) is 2.41. The Kier molecular flexibility index (Phi) is 6.54. The minimum Gasteiger partial charge on any atom is -0.309 e. The number of halogens is 2. The Bertz CT molecular complexity index is 329. The fourth-order valence-electron chi connectivity index (χ4n) is 1.62. The molecule has 1 aromatic rings. The second-order valence-electron chi connectivity index (χ2n) is 3.82. The van der Waals surface area contributed by atoms with E-state index in [2.05, 4.69) is 62.1 Å². The molecule has 0 aliphatic rings. The summed E-state index contributed by atoms with van der Waals surface area (Å²) < 4.78 is 2.08. The zero-order chi connectivity index (χ0) is 12.0. The summed E-state index contributed by atoms with van der Waals surface area (Å²) in [5.74, 6) is 0. The second-order valence-corrected chi connectivity index (χ2v) is 5.59. The zero-order valence-corrected chi connectivity index (χ0v) is 12.9. The molecule has 2 nitrogen and oxygen atoms in total. The lowest BCUT2D eigenvalue weighted by Gasteiger charge is -2.18. The number of aromatic nitrogens is 1. The Balaban J connectivity index is 2.82. The van der Waals surface area contributed by atoms with Gasteiger partial charge in [-0.05, 0) is 57.3 Å². The molecule has 1 N–H and O–H groups in total. The smallest absolute Gasteiger partial charge is 0.0715 e. The highest BCUT2D eigenvalue weighted by Gasteiger charge is 2.14. The van der Waals surface area contributed by atoms with Gasteiger partial charge in [0.1, 0.15) is 0 Å². The molecule has 1 rings (SSSR count). The molecule has 0 aliphatic carbocycles. The van der Waals surface area contributed by atoms with E-state index in [0.717, 1.165) is 40.4 Å². The van der Waals surface area contributed by atoms with Crippen molar-refractivity contribution in [3.63, 3.8) is 0 Å². The number of nitrogens with one attached hydrogen (secondary N) is 1. The lowest BCUT2D eigenvalue weighted by Crippen LogP contribution is -2.23. The molecule has 0 radical (unpaired) electrons. The average molecular weight is 350 g/mol. The van der Waals surface area contributed by atoms with Crippen LogP contribution in [0.25, 0.3) is 0 Å². The van der Waals surface area contributed by atoms with Crippen LogP contribution in [0.3, 0.4) is 0 Å². The van der Waals surface area contributed by atoms with Crippen molar-refractivity contribution in [3.8, 4) is 0 Å². The molecule has 0 saturated heterocycles. The number of nitrogens with zero attached hydrogens (tertiary/aromatic N) is 1. The molecule has 1 aromatic heterocycles. The summed E-state index contributed by atoms with van der Waals surface area (Å²) in [5, 5.41) is 3.54. The first-order valence-corrected chi connectivity index (χ1v) is 7.32. The number of hydrogen-bond donors (Lipinski definition) is 1. The monoisotopic (exact) mass is 348 g/mol. The van der Waals surface area contributed by atoms with Gasteiger partial charge in [-0.25, -0.2) is 0 Å². The van der Waals surface area contributed by atoms with Crippen LogP contribution >= 0.6 is 31.9 Å². The van der Waals surface area contributed by atoms with Crippen molar-refractivity contribution in [2.75, 3.05) is 6.54 Å². The highest BCUT2D eigenvalue weighted by atomic mass is 79.9. The van der Waals surface area contributed by atoms with Gasteiger partial charge in [0, 0.05) is 15.1 Å². The van der Waals surface area contributed by atoms with Gasteiger partial charge in [0.15, 0.2) is 0 Å². The van der Waals surface area contributed by atoms with Crippen LogP contribution in [0.1, 0.15) is 44.8 Å². The van der Waals surface area contributed by atoms with E-state index in [1.54, 1.807) is 0 Å². The minimum atomic E-state index is 0.354. The molecule has 0 bridgehead atoms. The van der Waals surface area contributed by atoms with Crippen LogP contribution in [0, 0.1) is 0 Å². The van der Waals surface area contributed by atoms with Crippen molar-refractivity contribution in [3.05, 3.63) is 26.9 Å². The van der Waals surface area contributed by atoms with E-state index >= 15 is 0 Å². The third kappa shape index (κ3) is 4.15. The predicted octanol–water partition coefficient (Wildman–Crippen LogP) is 4.45. The van der Waals surface area contributed by atoms with Gasteiger partial charge in [0.2, 0.25) is 0 Å². The third-order valence-corrected chi connectivity index (χ3v) is 3.45. The van der Waals surface area contributed by atoms with E-state index in [4.69, 9.17) is 0 Å². The Morgan fingerprint density at radius 3 is 2.62 bits per heavy atom. The van der Waals surface area contributed by atoms with E-state index in [0.29, 0.717) is 6.04 Å². The number of hydrogen-bond acceptors (Lipinski definition) is 2. The van der Waals surface area contributed by atoms with E-state index in [1.165, 1.54) is 0 Å². The van der Waals surface area contributed by atoms with Gasteiger partial charge < -0.3 is 5.32 Å². The fourth-order valence-corrected chi connectivity index (χ4v) is 2.89. The average Bonchev–Trinajstić information content (AvgIpc) is 2.25. The van der Waals surface area contributed by atoms with Gasteiger partial charge >= 0.3 is 0 Å². The van der Waals surface area contributed by atoms with E-state index in [1.807, 2.05) is 6.20 Å². The van der Waals surface area contributed by atoms with E-state index in [9.17, 15) is 0 Å². The van der Waals surface area contributed by atoms with Crippen molar-refractivity contribution in [2.45, 2.75) is 39.2 Å². The standard InChI is InChI=1S/C12H18Br2N2/c1-3-5-11(15-6-4-2)12-10(14)7-9(13)8-16-12/h7-8,11,15H,3-6H2,1-2H3. The molecule has 0 amide bonds. The van der Waals surface area contributed by atoms with Crippen LogP contribution in [0.2, 0.25) is 0 Å². The Morgan fingerprint density at radius 2 is 2.06 bits per heavy atom. The quantitative estimate of drug-likeness (QED) is 0.820. The predicted molar refractivity (Wildman–Crippen MR) is 75.6 cm³/mol. The van der Waals surface area contributed by atoms with Crippen LogP contribution in [-0.2, 0) is 0 Å². The third-order valence-electron chi connectivity index (χ3n) is 2.38. The van der Waals surface area contributed by atoms with Crippen LogP contribution in [0.4, 0.5) is 0 Å². The van der Waals surface area contributed by atoms with Crippen LogP contribution in [-0.4, -0.2) is 11.5 Å². The molecule has 0 aliphatic heterocycles. The fraction of sp³-hybridized carbons (Fsp3) is 0.583. The molecule has 1 unspecified atom stereocenters. The summed E-state index contributed by atoms with van der Waals surface area (Å²) >= 11 is 7.00. The minimum absolute atomic E-state index is 0.354. The lowest BCUT2D eigenvalue weighted by atomic mass is 10.1. The SMILES string of the molecule is CCCNC(CCC)c1ncc(Br)cc1Br. The topological polar surface area (TPSA) is 24.9 Å². The van der Waals surface area contributed by atoms with Gasteiger partial charge in [0.25, 0.3) is 0 Å². The van der Waals surface area contributed by atoms with Crippen molar-refractivity contribution in [1.82, 2.24) is 10.3 Å². The van der Waals surface area contributed by atoms with Gasteiger partial charge in [-0.1, -0.05) is 20.3 Å². The molecular weight excluding hydrogens is 332 g/mol. The van der Waals surface area contributed by atoms with E-state index < -0.39 is 0 Å². The van der Waals surface area contributed by atoms with Gasteiger partial charge in [-0.2, -0.15) is 0 Å². The zero-order valence-electron chi connectivity index (χ0n) is 9.76. The summed E-state index contributed by atoms with van der Waals surface area (Å²) in [4.78, 5) is 4.49. The first kappa shape index (κ1) is 14.1. The van der Waals surface area contributed by atoms with E-state index in [-0.39, 0.29) is 0 Å². The summed E-state index contributed by atoms with van der Waals surface area (Å²) in [7, 11) is 0. The van der Waals surface area contributed by atoms with Crippen molar-refractivity contribution in [1.29, 1.82) is 0 Å². The summed E-state index contributed by atoms with van der Waals surface area (Å²) in [6.45, 7) is 5.42. The molecular formula is C12H18Br2N2. The maximum atomic E-state index is 4.49. The Hall–Kier alpha value is 0.0700. The molecule has 0 fully saturated rings. The molecule has 4 heteroatoms. The number of pyridine rings is 1. The largest absolute Gasteiger partial charge is 0.309 e. The second kappa shape index (κ2) is 7.41. The van der Waals surface area contributed by atoms with Gasteiger partial charge in [-0.15, -0.1) is 0 Å². The van der Waals surface area contributed by atoms with Crippen LogP contribution < -0.4 is 5.32 Å². The highest BCUT2D eigenvalue weighted by molar-refractivity contribution is 9.11. The molecule has 0 aromatic carbocycles. The van der Waals surface area contributed by atoms with Crippen LogP contribution in [0.15, 0.2) is 21.2 Å². The highest BCUT2D eigenvalue weighted by Crippen LogP contribution is 2.27. The summed E-state index contributed by atoms with van der Waals surface area (Å²) in [5.41, 5.74) is 1.11. The molecule has 1 atom stereocenters. The van der Waals surface area contributed by atoms with Crippen molar-refractivity contribution < 1.29 is 0 Å². The Labute approximate surface area is 114 Å². The Morgan fingerprint density at radius 1 is 1.31 bits per heavy atom. The van der Waals surface area contributed by atoms with Crippen molar-refractivity contribution in [2.24, 2.45) is 0 Å². The van der Waals surface area contributed by atoms with Gasteiger partial charge in [0.05, 0.1) is 11.7 Å². The maximum absolute atomic E-state index is 4.49. The maximum Gasteiger partial charge on any atom is 0.0715 e. The van der Waals surface area contributed by atoms with Crippen LogP contribution in [0.5, 0.6) is 0 Å².